The highest BCUT2D eigenvalue weighted by Gasteiger charge is 2.26. The first-order valence-electron chi connectivity index (χ1n) is 6.78. The van der Waals surface area contributed by atoms with Crippen molar-refractivity contribution in [3.05, 3.63) is 18.2 Å². The van der Waals surface area contributed by atoms with Crippen LogP contribution in [0.4, 0.5) is 5.69 Å². The summed E-state index contributed by atoms with van der Waals surface area (Å²) in [5.41, 5.74) is 1.14. The quantitative estimate of drug-likeness (QED) is 0.852. The van der Waals surface area contributed by atoms with Crippen LogP contribution in [-0.4, -0.2) is 43.7 Å². The van der Waals surface area contributed by atoms with Gasteiger partial charge in [0.05, 0.1) is 0 Å². The second-order valence-corrected chi connectivity index (χ2v) is 5.17. The first-order valence-corrected chi connectivity index (χ1v) is 6.78. The highest BCUT2D eigenvalue weighted by molar-refractivity contribution is 5.58. The number of benzene rings is 1. The summed E-state index contributed by atoms with van der Waals surface area (Å²) in [7, 11) is 0. The van der Waals surface area contributed by atoms with Gasteiger partial charge < -0.3 is 24.8 Å². The van der Waals surface area contributed by atoms with Crippen molar-refractivity contribution in [1.82, 2.24) is 5.32 Å². The van der Waals surface area contributed by atoms with Crippen LogP contribution in [0.15, 0.2) is 18.2 Å². The Hall–Kier alpha value is -1.46. The third kappa shape index (κ3) is 2.48. The molecule has 1 aromatic rings. The lowest BCUT2D eigenvalue weighted by atomic mass is 10.1. The highest BCUT2D eigenvalue weighted by atomic mass is 16.7. The van der Waals surface area contributed by atoms with E-state index >= 15 is 0 Å². The van der Waals surface area contributed by atoms with Gasteiger partial charge in [-0.1, -0.05) is 0 Å². The van der Waals surface area contributed by atoms with E-state index in [1.54, 1.807) is 0 Å². The molecule has 5 heteroatoms. The van der Waals surface area contributed by atoms with E-state index in [1.807, 2.05) is 12.1 Å². The number of hydrogen-bond acceptors (Lipinski definition) is 5. The van der Waals surface area contributed by atoms with Crippen LogP contribution < -0.4 is 19.7 Å². The highest BCUT2D eigenvalue weighted by Crippen LogP contribution is 2.36. The molecule has 0 aromatic heterocycles. The number of nitrogens with one attached hydrogen (secondary N) is 1. The van der Waals surface area contributed by atoms with Crippen LogP contribution >= 0.6 is 0 Å². The zero-order valence-electron chi connectivity index (χ0n) is 11.1. The van der Waals surface area contributed by atoms with E-state index in [9.17, 15) is 5.11 Å². The van der Waals surface area contributed by atoms with Gasteiger partial charge >= 0.3 is 0 Å². The van der Waals surface area contributed by atoms with Crippen molar-refractivity contribution in [2.45, 2.75) is 25.4 Å². The number of hydrogen-bond donors (Lipinski definition) is 2. The number of fused-ring (bicyclic) bond motifs is 1. The van der Waals surface area contributed by atoms with Gasteiger partial charge in [-0.2, -0.15) is 0 Å². The van der Waals surface area contributed by atoms with Gasteiger partial charge in [-0.25, -0.2) is 0 Å². The van der Waals surface area contributed by atoms with Gasteiger partial charge in [0, 0.05) is 43.5 Å². The molecule has 2 aliphatic rings. The summed E-state index contributed by atoms with van der Waals surface area (Å²) in [5, 5.41) is 12.7. The minimum Gasteiger partial charge on any atom is -0.454 e. The molecular weight excluding hydrogens is 244 g/mol. The smallest absolute Gasteiger partial charge is 0.231 e. The predicted octanol–water partition coefficient (Wildman–Crippen LogP) is 0.964. The number of rotatable bonds is 3. The third-order valence-electron chi connectivity index (χ3n) is 3.76. The van der Waals surface area contributed by atoms with Gasteiger partial charge in [-0.15, -0.1) is 0 Å². The molecule has 2 atom stereocenters. The number of ether oxygens (including phenoxy) is 2. The van der Waals surface area contributed by atoms with Crippen molar-refractivity contribution in [1.29, 1.82) is 0 Å². The monoisotopic (exact) mass is 264 g/mol. The average molecular weight is 264 g/mol. The molecule has 3 rings (SSSR count). The molecule has 0 radical (unpaired) electrons. The van der Waals surface area contributed by atoms with Crippen LogP contribution in [0.25, 0.3) is 0 Å². The minimum absolute atomic E-state index is 0.210. The standard InChI is InChI=1S/C14H20N2O3/c1-10-8-16(12(4-5-17)7-15-10)11-2-3-13-14(6-11)19-9-18-13/h2-3,6,10,12,15,17H,4-5,7-9H2,1H3. The van der Waals surface area contributed by atoms with Crippen molar-refractivity contribution in [2.24, 2.45) is 0 Å². The molecule has 19 heavy (non-hydrogen) atoms. The Morgan fingerprint density at radius 3 is 3.05 bits per heavy atom. The van der Waals surface area contributed by atoms with Crippen molar-refractivity contribution >= 4 is 5.69 Å². The van der Waals surface area contributed by atoms with E-state index in [0.717, 1.165) is 36.7 Å². The summed E-state index contributed by atoms with van der Waals surface area (Å²) in [4.78, 5) is 2.35. The number of nitrogens with zero attached hydrogens (tertiary/aromatic N) is 1. The molecule has 0 bridgehead atoms. The molecule has 104 valence electrons. The van der Waals surface area contributed by atoms with Crippen LogP contribution in [0, 0.1) is 0 Å². The van der Waals surface area contributed by atoms with Crippen LogP contribution in [-0.2, 0) is 0 Å². The maximum Gasteiger partial charge on any atom is 0.231 e. The predicted molar refractivity (Wildman–Crippen MR) is 72.9 cm³/mol. The maximum absolute atomic E-state index is 9.20. The Kier molecular flexibility index (Phi) is 3.48. The molecule has 0 spiro atoms. The average Bonchev–Trinajstić information content (AvgIpc) is 2.88. The molecule has 5 nitrogen and oxygen atoms in total. The van der Waals surface area contributed by atoms with E-state index in [4.69, 9.17) is 9.47 Å². The van der Waals surface area contributed by atoms with Crippen molar-refractivity contribution in [3.8, 4) is 11.5 Å². The minimum atomic E-state index is 0.210. The van der Waals surface area contributed by atoms with Gasteiger partial charge in [0.1, 0.15) is 0 Å². The van der Waals surface area contributed by atoms with Crippen LogP contribution in [0.1, 0.15) is 13.3 Å². The third-order valence-corrected chi connectivity index (χ3v) is 3.76. The zero-order chi connectivity index (χ0) is 13.2. The second kappa shape index (κ2) is 5.27. The lowest BCUT2D eigenvalue weighted by Crippen LogP contribution is -2.56. The Labute approximate surface area is 113 Å². The summed E-state index contributed by atoms with van der Waals surface area (Å²) >= 11 is 0. The van der Waals surface area contributed by atoms with Gasteiger partial charge in [0.2, 0.25) is 6.79 Å². The van der Waals surface area contributed by atoms with E-state index < -0.39 is 0 Å². The van der Waals surface area contributed by atoms with E-state index in [2.05, 4.69) is 23.2 Å². The van der Waals surface area contributed by atoms with Gasteiger partial charge in [0.25, 0.3) is 0 Å². The molecule has 0 saturated carbocycles. The molecule has 0 aliphatic carbocycles. The molecule has 0 amide bonds. The van der Waals surface area contributed by atoms with Crippen molar-refractivity contribution in [3.63, 3.8) is 0 Å². The molecule has 2 unspecified atom stereocenters. The number of anilines is 1. The fourth-order valence-corrected chi connectivity index (χ4v) is 2.74. The summed E-state index contributed by atoms with van der Waals surface area (Å²) in [6.45, 7) is 4.52. The Bertz CT molecular complexity index is 452. The summed E-state index contributed by atoms with van der Waals surface area (Å²) in [5.74, 6) is 1.62. The number of aliphatic hydroxyl groups is 1. The van der Waals surface area contributed by atoms with E-state index in [1.165, 1.54) is 0 Å². The number of piperazine rings is 1. The number of aliphatic hydroxyl groups excluding tert-OH is 1. The lowest BCUT2D eigenvalue weighted by molar-refractivity contribution is 0.174. The van der Waals surface area contributed by atoms with Crippen molar-refractivity contribution in [2.75, 3.05) is 31.4 Å². The van der Waals surface area contributed by atoms with E-state index in [0.29, 0.717) is 18.9 Å². The molecule has 1 saturated heterocycles. The first kappa shape index (κ1) is 12.6. The van der Waals surface area contributed by atoms with Crippen LogP contribution in [0.5, 0.6) is 11.5 Å². The lowest BCUT2D eigenvalue weighted by Gasteiger charge is -2.41. The molecule has 2 heterocycles. The fourth-order valence-electron chi connectivity index (χ4n) is 2.74. The molecule has 2 aliphatic heterocycles. The first-order chi connectivity index (χ1) is 9.28. The second-order valence-electron chi connectivity index (χ2n) is 5.17. The largest absolute Gasteiger partial charge is 0.454 e. The van der Waals surface area contributed by atoms with Crippen LogP contribution in [0.2, 0.25) is 0 Å². The SMILES string of the molecule is CC1CN(c2ccc3c(c2)OCO3)C(CCO)CN1. The maximum atomic E-state index is 9.20. The molecule has 2 N–H and O–H groups in total. The van der Waals surface area contributed by atoms with Gasteiger partial charge in [-0.05, 0) is 25.5 Å². The molecule has 1 aromatic carbocycles. The molecule has 1 fully saturated rings. The van der Waals surface area contributed by atoms with Crippen molar-refractivity contribution < 1.29 is 14.6 Å². The zero-order valence-corrected chi connectivity index (χ0v) is 11.1. The van der Waals surface area contributed by atoms with Gasteiger partial charge in [-0.3, -0.25) is 0 Å². The topological polar surface area (TPSA) is 54.0 Å². The van der Waals surface area contributed by atoms with E-state index in [-0.39, 0.29) is 6.61 Å². The summed E-state index contributed by atoms with van der Waals surface area (Å²) in [6, 6.07) is 6.82. The summed E-state index contributed by atoms with van der Waals surface area (Å²) < 4.78 is 10.8. The summed E-state index contributed by atoms with van der Waals surface area (Å²) in [6.07, 6.45) is 0.772. The van der Waals surface area contributed by atoms with Gasteiger partial charge in [0.15, 0.2) is 11.5 Å². The molecular formula is C14H20N2O3. The Morgan fingerprint density at radius 2 is 2.21 bits per heavy atom. The fraction of sp³-hybridized carbons (Fsp3) is 0.571. The normalized spacial score (nSPS) is 25.7. The Balaban J connectivity index is 1.84. The van der Waals surface area contributed by atoms with Crippen LogP contribution in [0.3, 0.4) is 0 Å². The Morgan fingerprint density at radius 1 is 1.37 bits per heavy atom.